The zero-order valence-electron chi connectivity index (χ0n) is 17.4. The Morgan fingerprint density at radius 3 is 1.70 bits per heavy atom. The van der Waals surface area contributed by atoms with Crippen molar-refractivity contribution in [3.05, 3.63) is 94.5 Å². The number of benzene rings is 3. The molecule has 0 bridgehead atoms. The minimum absolute atomic E-state index is 0.174. The summed E-state index contributed by atoms with van der Waals surface area (Å²) in [5.74, 6) is 1.76. The van der Waals surface area contributed by atoms with E-state index in [9.17, 15) is 0 Å². The van der Waals surface area contributed by atoms with E-state index in [1.165, 1.54) is 16.7 Å². The molecular formula is C25H27ClN2O2. The van der Waals surface area contributed by atoms with Crippen molar-refractivity contribution in [3.63, 3.8) is 0 Å². The van der Waals surface area contributed by atoms with Crippen LogP contribution in [-0.4, -0.2) is 37.1 Å². The molecule has 1 saturated heterocycles. The molecular weight excluding hydrogens is 396 g/mol. The van der Waals surface area contributed by atoms with Gasteiger partial charge in [0.25, 0.3) is 0 Å². The van der Waals surface area contributed by atoms with Gasteiger partial charge in [0, 0.05) is 31.2 Å². The molecule has 4 rings (SSSR count). The second kappa shape index (κ2) is 9.52. The Labute approximate surface area is 183 Å². The SMILES string of the molecule is COc1ccc(CN2CCN(Cc3ccc(OC)cc3)C2c2cccc(Cl)c2)cc1. The Kier molecular flexibility index (Phi) is 6.58. The van der Waals surface area contributed by atoms with Crippen LogP contribution in [0.2, 0.25) is 5.02 Å². The molecule has 1 aliphatic rings. The van der Waals surface area contributed by atoms with E-state index in [2.05, 4.69) is 46.2 Å². The Morgan fingerprint density at radius 1 is 0.767 bits per heavy atom. The van der Waals surface area contributed by atoms with Crippen LogP contribution in [0.5, 0.6) is 11.5 Å². The summed E-state index contributed by atoms with van der Waals surface area (Å²) in [5, 5.41) is 0.771. The fourth-order valence-electron chi connectivity index (χ4n) is 4.08. The minimum atomic E-state index is 0.174. The van der Waals surface area contributed by atoms with E-state index in [4.69, 9.17) is 21.1 Å². The van der Waals surface area contributed by atoms with Crippen LogP contribution < -0.4 is 9.47 Å². The molecule has 0 saturated carbocycles. The number of hydrogen-bond acceptors (Lipinski definition) is 4. The zero-order valence-corrected chi connectivity index (χ0v) is 18.2. The molecule has 1 heterocycles. The van der Waals surface area contributed by atoms with Gasteiger partial charge in [-0.15, -0.1) is 0 Å². The summed E-state index contributed by atoms with van der Waals surface area (Å²) in [7, 11) is 3.39. The van der Waals surface area contributed by atoms with E-state index in [1.54, 1.807) is 14.2 Å². The predicted octanol–water partition coefficient (Wildman–Crippen LogP) is 5.37. The molecule has 4 nitrogen and oxygen atoms in total. The molecule has 5 heteroatoms. The third kappa shape index (κ3) is 4.78. The third-order valence-corrected chi connectivity index (χ3v) is 5.84. The molecule has 1 fully saturated rings. The van der Waals surface area contributed by atoms with Crippen LogP contribution in [0.25, 0.3) is 0 Å². The highest BCUT2D eigenvalue weighted by atomic mass is 35.5. The number of nitrogens with zero attached hydrogens (tertiary/aromatic N) is 2. The van der Waals surface area contributed by atoms with E-state index in [-0.39, 0.29) is 6.17 Å². The topological polar surface area (TPSA) is 24.9 Å². The van der Waals surface area contributed by atoms with E-state index in [0.29, 0.717) is 0 Å². The third-order valence-electron chi connectivity index (χ3n) is 5.60. The Morgan fingerprint density at radius 2 is 1.27 bits per heavy atom. The van der Waals surface area contributed by atoms with Crippen LogP contribution in [0, 0.1) is 0 Å². The lowest BCUT2D eigenvalue weighted by molar-refractivity contribution is 0.126. The van der Waals surface area contributed by atoms with Crippen LogP contribution in [0.1, 0.15) is 22.9 Å². The molecule has 0 aromatic heterocycles. The summed E-state index contributed by atoms with van der Waals surface area (Å²) in [6.07, 6.45) is 0.174. The molecule has 0 radical (unpaired) electrons. The Hall–Kier alpha value is -2.53. The molecule has 0 N–H and O–H groups in total. The molecule has 3 aromatic rings. The molecule has 0 spiro atoms. The largest absolute Gasteiger partial charge is 0.497 e. The quantitative estimate of drug-likeness (QED) is 0.510. The average Bonchev–Trinajstić information content (AvgIpc) is 3.16. The van der Waals surface area contributed by atoms with Gasteiger partial charge in [-0.1, -0.05) is 48.0 Å². The van der Waals surface area contributed by atoms with Gasteiger partial charge in [0.1, 0.15) is 11.5 Å². The Balaban J connectivity index is 1.57. The molecule has 30 heavy (non-hydrogen) atoms. The maximum absolute atomic E-state index is 6.34. The number of methoxy groups -OCH3 is 2. The maximum Gasteiger partial charge on any atom is 0.118 e. The number of hydrogen-bond donors (Lipinski definition) is 0. The monoisotopic (exact) mass is 422 g/mol. The van der Waals surface area contributed by atoms with Crippen molar-refractivity contribution >= 4 is 11.6 Å². The Bertz CT molecular complexity index is 902. The molecule has 1 aliphatic heterocycles. The lowest BCUT2D eigenvalue weighted by atomic mass is 10.1. The van der Waals surface area contributed by atoms with Gasteiger partial charge in [-0.25, -0.2) is 0 Å². The summed E-state index contributed by atoms with van der Waals surface area (Å²) in [4.78, 5) is 5.02. The van der Waals surface area contributed by atoms with E-state index >= 15 is 0 Å². The van der Waals surface area contributed by atoms with Crippen LogP contribution in [0.4, 0.5) is 0 Å². The van der Waals surface area contributed by atoms with Crippen molar-refractivity contribution in [1.82, 2.24) is 9.80 Å². The van der Waals surface area contributed by atoms with E-state index in [0.717, 1.165) is 42.7 Å². The molecule has 0 aliphatic carbocycles. The van der Waals surface area contributed by atoms with Gasteiger partial charge < -0.3 is 9.47 Å². The standard InChI is InChI=1S/C25H27ClN2O2/c1-29-23-10-6-19(7-11-23)17-27-14-15-28(18-20-8-12-24(30-2)13-9-20)25(27)21-4-3-5-22(26)16-21/h3-13,16,25H,14-15,17-18H2,1-2H3. The highest BCUT2D eigenvalue weighted by Crippen LogP contribution is 2.34. The van der Waals surface area contributed by atoms with E-state index in [1.807, 2.05) is 36.4 Å². The van der Waals surface area contributed by atoms with Crippen molar-refractivity contribution in [2.75, 3.05) is 27.3 Å². The number of ether oxygens (including phenoxy) is 2. The normalized spacial score (nSPS) is 15.4. The van der Waals surface area contributed by atoms with Crippen LogP contribution in [0.15, 0.2) is 72.8 Å². The maximum atomic E-state index is 6.34. The van der Waals surface area contributed by atoms with Crippen LogP contribution >= 0.6 is 11.6 Å². The predicted molar refractivity (Wildman–Crippen MR) is 121 cm³/mol. The van der Waals surface area contributed by atoms with Crippen LogP contribution in [0.3, 0.4) is 0 Å². The first kappa shape index (κ1) is 20.7. The minimum Gasteiger partial charge on any atom is -0.497 e. The molecule has 156 valence electrons. The summed E-state index contributed by atoms with van der Waals surface area (Å²) in [6, 6.07) is 24.9. The van der Waals surface area contributed by atoms with Crippen molar-refractivity contribution in [3.8, 4) is 11.5 Å². The van der Waals surface area contributed by atoms with Crippen molar-refractivity contribution in [2.45, 2.75) is 19.3 Å². The lowest BCUT2D eigenvalue weighted by Crippen LogP contribution is -2.30. The number of rotatable bonds is 7. The van der Waals surface area contributed by atoms with Crippen LogP contribution in [-0.2, 0) is 13.1 Å². The summed E-state index contributed by atoms with van der Waals surface area (Å²) in [5.41, 5.74) is 3.77. The van der Waals surface area contributed by atoms with E-state index < -0.39 is 0 Å². The first-order valence-electron chi connectivity index (χ1n) is 10.2. The van der Waals surface area contributed by atoms with Gasteiger partial charge in [0.2, 0.25) is 0 Å². The zero-order chi connectivity index (χ0) is 20.9. The molecule has 3 aromatic carbocycles. The second-order valence-electron chi connectivity index (χ2n) is 7.57. The fourth-order valence-corrected chi connectivity index (χ4v) is 4.28. The second-order valence-corrected chi connectivity index (χ2v) is 8.00. The van der Waals surface area contributed by atoms with Gasteiger partial charge >= 0.3 is 0 Å². The number of halogens is 1. The first-order chi connectivity index (χ1) is 14.7. The smallest absolute Gasteiger partial charge is 0.118 e. The fraction of sp³-hybridized carbons (Fsp3) is 0.280. The summed E-state index contributed by atoms with van der Waals surface area (Å²) in [6.45, 7) is 3.75. The molecule has 0 unspecified atom stereocenters. The van der Waals surface area contributed by atoms with Crippen molar-refractivity contribution in [1.29, 1.82) is 0 Å². The van der Waals surface area contributed by atoms with Gasteiger partial charge in [0.15, 0.2) is 0 Å². The highest BCUT2D eigenvalue weighted by Gasteiger charge is 2.33. The van der Waals surface area contributed by atoms with Gasteiger partial charge in [-0.05, 0) is 53.1 Å². The average molecular weight is 423 g/mol. The van der Waals surface area contributed by atoms with Gasteiger partial charge in [0.05, 0.1) is 20.4 Å². The van der Waals surface area contributed by atoms with Crippen molar-refractivity contribution in [2.24, 2.45) is 0 Å². The first-order valence-corrected chi connectivity index (χ1v) is 10.5. The highest BCUT2D eigenvalue weighted by molar-refractivity contribution is 6.30. The lowest BCUT2D eigenvalue weighted by Gasteiger charge is -2.31. The molecule has 0 amide bonds. The van der Waals surface area contributed by atoms with Crippen molar-refractivity contribution < 1.29 is 9.47 Å². The summed E-state index contributed by atoms with van der Waals surface area (Å²) < 4.78 is 10.6. The summed E-state index contributed by atoms with van der Waals surface area (Å²) >= 11 is 6.34. The molecule has 0 atom stereocenters. The van der Waals surface area contributed by atoms with Gasteiger partial charge in [-0.3, -0.25) is 9.80 Å². The van der Waals surface area contributed by atoms with Gasteiger partial charge in [-0.2, -0.15) is 0 Å².